The zero-order chi connectivity index (χ0) is 103. The lowest BCUT2D eigenvalue weighted by atomic mass is 9.69. The van der Waals surface area contributed by atoms with Crippen molar-refractivity contribution in [2.75, 3.05) is 165 Å². The summed E-state index contributed by atoms with van der Waals surface area (Å²) in [7, 11) is 6.58. The largest absolute Gasteiger partial charge is 0.493 e. The Morgan fingerprint density at radius 3 is 1.42 bits per heavy atom. The van der Waals surface area contributed by atoms with E-state index in [1.807, 2.05) is 176 Å². The van der Waals surface area contributed by atoms with Crippen LogP contribution in [0.2, 0.25) is 20.1 Å². The number of unbranched alkanes of at least 4 members (excludes halogenated alkanes) is 2. The first-order valence-corrected chi connectivity index (χ1v) is 52.6. The second kappa shape index (κ2) is 57.0. The van der Waals surface area contributed by atoms with Crippen molar-refractivity contribution in [1.29, 1.82) is 5.26 Å². The molecule has 18 rings (SSSR count). The van der Waals surface area contributed by atoms with E-state index in [0.717, 1.165) is 256 Å². The molecule has 1 aliphatic rings. The lowest BCUT2D eigenvalue weighted by Crippen LogP contribution is -2.37. The number of imidazole rings is 2. The summed E-state index contributed by atoms with van der Waals surface area (Å²) in [5.41, 5.74) is 14.3. The van der Waals surface area contributed by atoms with E-state index in [4.69, 9.17) is 74.5 Å². The fourth-order valence-electron chi connectivity index (χ4n) is 18.2. The van der Waals surface area contributed by atoms with Crippen LogP contribution < -0.4 is 60.6 Å². The predicted octanol–water partition coefficient (Wildman–Crippen LogP) is 25.7. The summed E-state index contributed by atoms with van der Waals surface area (Å²) >= 11 is 26.3. The summed E-state index contributed by atoms with van der Waals surface area (Å²) in [5, 5.41) is 38.6. The molecule has 0 amide bonds. The number of rotatable bonds is 51. The Morgan fingerprint density at radius 2 is 0.905 bits per heavy atom. The van der Waals surface area contributed by atoms with Gasteiger partial charge in [0.1, 0.15) is 24.1 Å². The molecule has 31 heteroatoms. The summed E-state index contributed by atoms with van der Waals surface area (Å²) in [5.74, 6) is 5.70. The number of H-pyrrole nitrogens is 2. The van der Waals surface area contributed by atoms with Crippen molar-refractivity contribution in [3.8, 4) is 29.1 Å². The highest BCUT2D eigenvalue weighted by atomic mass is 35.5. The first-order valence-electron chi connectivity index (χ1n) is 50.2. The number of benzene rings is 10. The van der Waals surface area contributed by atoms with Gasteiger partial charge >= 0.3 is 0 Å². The molecule has 0 spiro atoms. The number of para-hydroxylation sites is 4. The lowest BCUT2D eigenvalue weighted by molar-refractivity contribution is 0.128. The summed E-state index contributed by atoms with van der Waals surface area (Å²) < 4.78 is 33.4. The Hall–Kier alpha value is -13.7. The molecule has 1 aliphatic heterocycles. The minimum atomic E-state index is -0.647. The molecule has 26 nitrogen and oxygen atoms in total. The van der Waals surface area contributed by atoms with Crippen LogP contribution in [0.15, 0.2) is 325 Å². The summed E-state index contributed by atoms with van der Waals surface area (Å²) in [4.78, 5) is 47.3. The van der Waals surface area contributed by atoms with Crippen LogP contribution in [0.4, 0.5) is 45.5 Å². The maximum absolute atomic E-state index is 10.6. The minimum absolute atomic E-state index is 0.115. The highest BCUT2D eigenvalue weighted by molar-refractivity contribution is 7.99. The van der Waals surface area contributed by atoms with Crippen molar-refractivity contribution in [2.45, 2.75) is 93.6 Å². The van der Waals surface area contributed by atoms with Crippen molar-refractivity contribution < 1.29 is 28.1 Å². The van der Waals surface area contributed by atoms with Crippen LogP contribution in [0.1, 0.15) is 80.9 Å². The molecule has 0 saturated carbocycles. The number of nitrogens with zero attached hydrogens (tertiary/aromatic N) is 12. The van der Waals surface area contributed by atoms with E-state index >= 15 is 0 Å². The van der Waals surface area contributed by atoms with Gasteiger partial charge in [0.25, 0.3) is 0 Å². The molecule has 0 fully saturated rings. The van der Waals surface area contributed by atoms with E-state index in [0.29, 0.717) is 40.0 Å². The normalized spacial score (nSPS) is 11.9. The van der Waals surface area contributed by atoms with Crippen molar-refractivity contribution in [1.82, 2.24) is 65.2 Å². The summed E-state index contributed by atoms with van der Waals surface area (Å²) in [6.07, 6.45) is 23.1. The molecule has 1 atom stereocenters. The van der Waals surface area contributed by atoms with Crippen molar-refractivity contribution >= 4 is 147 Å². The van der Waals surface area contributed by atoms with Gasteiger partial charge in [-0.2, -0.15) is 5.26 Å². The number of pyridine rings is 4. The number of hydrogen-bond donors (Lipinski definition) is 8. The molecule has 0 bridgehead atoms. The average molecular weight is 2090 g/mol. The van der Waals surface area contributed by atoms with Gasteiger partial charge in [-0.15, -0.1) is 0 Å². The third-order valence-corrected chi connectivity index (χ3v) is 28.0. The number of ether oxygens (including phenoxy) is 5. The van der Waals surface area contributed by atoms with E-state index in [2.05, 4.69) is 238 Å². The number of aromatic amines is 2. The Balaban J connectivity index is 0.000000151. The number of nitrogens with one attached hydrogen (secondary N) is 8. The number of aromatic nitrogens is 8. The molecule has 8 N–H and O–H groups in total. The third kappa shape index (κ3) is 31.2. The van der Waals surface area contributed by atoms with E-state index < -0.39 is 5.41 Å². The maximum atomic E-state index is 10.6. The predicted molar refractivity (Wildman–Crippen MR) is 606 cm³/mol. The second-order valence-corrected chi connectivity index (χ2v) is 38.9. The third-order valence-electron chi connectivity index (χ3n) is 26.0. The fourth-order valence-corrected chi connectivity index (χ4v) is 19.9. The van der Waals surface area contributed by atoms with Gasteiger partial charge in [-0.25, -0.2) is 9.97 Å². The Labute approximate surface area is 892 Å². The van der Waals surface area contributed by atoms with Crippen LogP contribution in [0.3, 0.4) is 0 Å². The average Bonchev–Trinajstić information content (AvgIpc) is 0.810. The number of anilines is 8. The first kappa shape index (κ1) is 109. The van der Waals surface area contributed by atoms with E-state index in [1.54, 1.807) is 53.3 Å². The van der Waals surface area contributed by atoms with Gasteiger partial charge < -0.3 is 79.4 Å². The van der Waals surface area contributed by atoms with Gasteiger partial charge in [-0.05, 0) is 257 Å². The first-order chi connectivity index (χ1) is 72.6. The molecular weight excluding hydrogens is 1960 g/mol. The van der Waals surface area contributed by atoms with Crippen LogP contribution in [-0.4, -0.2) is 188 Å². The topological polar surface area (TPSA) is 280 Å². The molecule has 148 heavy (non-hydrogen) atoms. The van der Waals surface area contributed by atoms with Gasteiger partial charge in [0, 0.05) is 214 Å². The number of methoxy groups -OCH3 is 4. The smallest absolute Gasteiger partial charge is 0.161 e. The summed E-state index contributed by atoms with van der Waals surface area (Å²) in [6, 6.07) is 88.3. The molecule has 768 valence electrons. The molecular formula is C117H130Cl4N20O6S. The number of hydrogen-bond acceptors (Lipinski definition) is 25. The summed E-state index contributed by atoms with van der Waals surface area (Å²) in [6.45, 7) is 19.5. The Kier molecular flexibility index (Phi) is 41.8. The Morgan fingerprint density at radius 1 is 0.412 bits per heavy atom. The van der Waals surface area contributed by atoms with E-state index in [-0.39, 0.29) is 5.92 Å². The number of furan rings is 1. The second-order valence-electron chi connectivity index (χ2n) is 36.0. The Bertz CT molecular complexity index is 6870. The van der Waals surface area contributed by atoms with Gasteiger partial charge in [-0.1, -0.05) is 145 Å². The van der Waals surface area contributed by atoms with Crippen molar-refractivity contribution in [2.24, 2.45) is 5.92 Å². The molecule has 7 aromatic heterocycles. The van der Waals surface area contributed by atoms with Crippen molar-refractivity contribution in [3.05, 3.63) is 359 Å². The molecule has 0 saturated heterocycles. The molecule has 0 radical (unpaired) electrons. The zero-order valence-corrected chi connectivity index (χ0v) is 88.5. The zero-order valence-electron chi connectivity index (χ0n) is 84.6. The van der Waals surface area contributed by atoms with E-state index in [1.165, 1.54) is 44.5 Å². The molecule has 17 aromatic rings. The monoisotopic (exact) mass is 2080 g/mol. The van der Waals surface area contributed by atoms with Crippen LogP contribution in [0.5, 0.6) is 23.0 Å². The number of nitriles is 1. The van der Waals surface area contributed by atoms with Gasteiger partial charge in [0.05, 0.1) is 106 Å². The van der Waals surface area contributed by atoms with Crippen molar-refractivity contribution in [3.63, 3.8) is 0 Å². The number of fused-ring (bicyclic) bond motifs is 6. The molecule has 0 aliphatic carbocycles. The SMILES string of the molecule is COc1ccc(CCN(CCCC(C#N)(c2ccc(OC)c(OC)c2)C(C)C)CCNCCCNc2ccnc3cc(Cl)ccc23)cc1OC.Clc1ccc2c(NCCCCCN3c4ccccc4Sc4ccccc43)ccnc2c1.Clc1ccc2c(NCCN(CCN(c3ccccc3)c3ccccc3)Cc3ccco3)ccnc2c1.Clc1ccc2c(NCOCNCCN(Cc3ncc[nH]3)Cc3ncc[nH]3)ccnc2c1. The van der Waals surface area contributed by atoms with Gasteiger partial charge in [0.2, 0.25) is 0 Å². The van der Waals surface area contributed by atoms with Crippen LogP contribution in [-0.2, 0) is 36.2 Å². The number of halogens is 4. The quantitative estimate of drug-likeness (QED) is 0.0130. The highest BCUT2D eigenvalue weighted by Gasteiger charge is 2.37. The highest BCUT2D eigenvalue weighted by Crippen LogP contribution is 2.49. The van der Waals surface area contributed by atoms with Gasteiger partial charge in [-0.3, -0.25) is 35.1 Å². The van der Waals surface area contributed by atoms with Crippen LogP contribution >= 0.6 is 58.2 Å². The molecule has 10 aromatic carbocycles. The maximum Gasteiger partial charge on any atom is 0.161 e. The van der Waals surface area contributed by atoms with Crippen LogP contribution in [0, 0.1) is 17.2 Å². The lowest BCUT2D eigenvalue weighted by Gasteiger charge is -2.33. The van der Waals surface area contributed by atoms with E-state index in [9.17, 15) is 5.26 Å². The minimum Gasteiger partial charge on any atom is -0.493 e. The van der Waals surface area contributed by atoms with Crippen LogP contribution in [0.25, 0.3) is 43.6 Å². The fraction of sp³-hybridized carbons (Fsp3) is 0.291. The standard InChI is InChI=1S/C40H52ClN5O4.C30H29ClN4O.C26H24ClN3S.C21H25ClN8O/c1-29(2)40(28-42,31-10-14-37(48-4)39(26-31)50-6)17-7-22-46(23-16-30-9-13-36(47-3)38(25-30)49-5)24-21-43-18-8-19-44-34-15-20-45-35-27-32(41)11-12-33(34)35;31-24-13-14-28-29(15-16-32-30(28)22-24)33-17-18-34(23-27-12-7-21-36-27)19-20-35(25-8-3-1-4-9-25)26-10-5-2-6-11-26;27-19-12-13-20-21(14-16-29-22(20)18-19)28-15-6-1-7-17-30-23-8-2-4-10-25(23)31-26-11-5-3-9-24(26)30;22-16-1-2-17-18(3-4-24-19(17)11-16)29-15-31-14-23-9-10-30(12-20-25-5-6-26-20)13-21-27-7-8-28-21/h9-15,20,25-27,29,43H,7-8,16-19,21-24H2,1-6H3,(H,44,45);1-16,21-22H,17-20,23H2,(H,32,33);2-5,8-14,16,18H,1,6-7,15,17H2,(H,28,29);1-8,11,23H,9-10,12-15H2,(H,24,29)(H,25,26)(H,27,28). The molecule has 1 unspecified atom stereocenters. The van der Waals surface area contributed by atoms with Gasteiger partial charge in [0.15, 0.2) is 23.0 Å². The molecule has 8 heterocycles.